The minimum Gasteiger partial charge on any atom is -0.457 e. The number of rotatable bonds is 2. The number of fused-ring (bicyclic) bond motifs is 5. The Kier molecular flexibility index (Phi) is 5.33. The molecular formula is C35H23F3N2O. The number of benzene rings is 5. The Morgan fingerprint density at radius 1 is 0.707 bits per heavy atom. The van der Waals surface area contributed by atoms with Crippen LogP contribution in [-0.2, 0) is 11.6 Å². The molecule has 0 amide bonds. The van der Waals surface area contributed by atoms with Crippen LogP contribution in [0.4, 0.5) is 13.2 Å². The highest BCUT2D eigenvalue weighted by molar-refractivity contribution is 6.10. The lowest BCUT2D eigenvalue weighted by atomic mass is 9.75. The van der Waals surface area contributed by atoms with Gasteiger partial charge in [0.15, 0.2) is 0 Å². The fourth-order valence-electron chi connectivity index (χ4n) is 5.97. The number of hydrogen-bond acceptors (Lipinski definition) is 2. The first-order valence-electron chi connectivity index (χ1n) is 13.2. The van der Waals surface area contributed by atoms with Crippen molar-refractivity contribution in [2.45, 2.75) is 25.4 Å². The molecule has 0 saturated heterocycles. The van der Waals surface area contributed by atoms with Crippen molar-refractivity contribution in [1.82, 2.24) is 4.57 Å². The summed E-state index contributed by atoms with van der Waals surface area (Å²) in [6.45, 7) is 4.39. The van der Waals surface area contributed by atoms with E-state index < -0.39 is 11.7 Å². The second-order valence-corrected chi connectivity index (χ2v) is 10.9. The zero-order valence-electron chi connectivity index (χ0n) is 22.3. The van der Waals surface area contributed by atoms with Crippen molar-refractivity contribution in [3.8, 4) is 34.4 Å². The summed E-state index contributed by atoms with van der Waals surface area (Å²) < 4.78 is 47.9. The molecule has 0 bridgehead atoms. The van der Waals surface area contributed by atoms with Crippen molar-refractivity contribution in [1.29, 1.82) is 5.26 Å². The van der Waals surface area contributed by atoms with E-state index in [-0.39, 0.29) is 5.41 Å². The van der Waals surface area contributed by atoms with Gasteiger partial charge in [0, 0.05) is 33.0 Å². The van der Waals surface area contributed by atoms with E-state index in [9.17, 15) is 18.4 Å². The maximum Gasteiger partial charge on any atom is 0.416 e. The van der Waals surface area contributed by atoms with Crippen LogP contribution in [0.3, 0.4) is 0 Å². The van der Waals surface area contributed by atoms with Crippen molar-refractivity contribution in [2.24, 2.45) is 0 Å². The SMILES string of the molecule is CC1(C)c2ccccc2Oc2ccc(-c3ccc4c(c3)c3cc(C#N)ccc3n4-c3ccc(C(F)(F)F)cc3)cc21. The summed E-state index contributed by atoms with van der Waals surface area (Å²) >= 11 is 0. The van der Waals surface area contributed by atoms with Gasteiger partial charge in [0.2, 0.25) is 0 Å². The number of hydrogen-bond donors (Lipinski definition) is 0. The van der Waals surface area contributed by atoms with Crippen LogP contribution in [0.15, 0.2) is 103 Å². The van der Waals surface area contributed by atoms with E-state index in [1.54, 1.807) is 6.07 Å². The van der Waals surface area contributed by atoms with Crippen LogP contribution in [0.25, 0.3) is 38.6 Å². The number of aromatic nitrogens is 1. The molecule has 0 saturated carbocycles. The maximum absolute atomic E-state index is 13.2. The number of nitriles is 1. The van der Waals surface area contributed by atoms with E-state index in [2.05, 4.69) is 38.1 Å². The fourth-order valence-corrected chi connectivity index (χ4v) is 5.97. The van der Waals surface area contributed by atoms with Crippen LogP contribution in [0, 0.1) is 11.3 Å². The van der Waals surface area contributed by atoms with Gasteiger partial charge in [0.25, 0.3) is 0 Å². The predicted molar refractivity (Wildman–Crippen MR) is 155 cm³/mol. The summed E-state index contributed by atoms with van der Waals surface area (Å²) in [5, 5.41) is 11.4. The average molecular weight is 545 g/mol. The molecule has 0 atom stereocenters. The monoisotopic (exact) mass is 544 g/mol. The van der Waals surface area contributed by atoms with Gasteiger partial charge in [-0.15, -0.1) is 0 Å². The standard InChI is InChI=1S/C35H23F3N2O/c1-34(2)28-5-3-4-6-32(28)41-33-16-9-23(19-29(33)34)22-8-15-31-27(18-22)26-17-21(20-39)7-14-30(26)40(31)25-12-10-24(11-13-25)35(36,37)38/h3-19H,1-2H3. The molecule has 5 aromatic carbocycles. The van der Waals surface area contributed by atoms with Crippen molar-refractivity contribution in [2.75, 3.05) is 0 Å². The molecule has 6 heteroatoms. The van der Waals surface area contributed by atoms with Crippen molar-refractivity contribution >= 4 is 21.8 Å². The lowest BCUT2D eigenvalue weighted by Crippen LogP contribution is -2.24. The first-order chi connectivity index (χ1) is 19.6. The van der Waals surface area contributed by atoms with Crippen LogP contribution >= 0.6 is 0 Å². The third kappa shape index (κ3) is 3.88. The number of alkyl halides is 3. The molecule has 0 fully saturated rings. The molecule has 0 aliphatic carbocycles. The lowest BCUT2D eigenvalue weighted by molar-refractivity contribution is -0.137. The van der Waals surface area contributed by atoms with Crippen molar-refractivity contribution in [3.63, 3.8) is 0 Å². The molecule has 2 heterocycles. The summed E-state index contributed by atoms with van der Waals surface area (Å²) in [6, 6.07) is 33.2. The Hall–Kier alpha value is -5.02. The Morgan fingerprint density at radius 2 is 1.34 bits per heavy atom. The Balaban J connectivity index is 1.40. The molecule has 0 radical (unpaired) electrons. The summed E-state index contributed by atoms with van der Waals surface area (Å²) in [5.74, 6) is 1.69. The highest BCUT2D eigenvalue weighted by Crippen LogP contribution is 2.49. The molecule has 1 aliphatic heterocycles. The lowest BCUT2D eigenvalue weighted by Gasteiger charge is -2.34. The second-order valence-electron chi connectivity index (χ2n) is 10.9. The predicted octanol–water partition coefficient (Wildman–Crippen LogP) is 9.77. The van der Waals surface area contributed by atoms with E-state index in [0.29, 0.717) is 11.3 Å². The molecule has 6 aromatic rings. The van der Waals surface area contributed by atoms with Gasteiger partial charge in [-0.1, -0.05) is 44.2 Å². The Bertz CT molecular complexity index is 2040. The number of para-hydroxylation sites is 1. The van der Waals surface area contributed by atoms with Gasteiger partial charge >= 0.3 is 6.18 Å². The Labute approximate surface area is 234 Å². The van der Waals surface area contributed by atoms with Gasteiger partial charge in [-0.05, 0) is 83.9 Å². The van der Waals surface area contributed by atoms with Gasteiger partial charge in [-0.3, -0.25) is 0 Å². The average Bonchev–Trinajstić information content (AvgIpc) is 3.29. The van der Waals surface area contributed by atoms with Crippen LogP contribution < -0.4 is 4.74 Å². The largest absolute Gasteiger partial charge is 0.457 e. The summed E-state index contributed by atoms with van der Waals surface area (Å²) in [4.78, 5) is 0. The topological polar surface area (TPSA) is 37.9 Å². The summed E-state index contributed by atoms with van der Waals surface area (Å²) in [6.07, 6.45) is -4.41. The van der Waals surface area contributed by atoms with Gasteiger partial charge in [0.05, 0.1) is 28.2 Å². The van der Waals surface area contributed by atoms with E-state index in [1.165, 1.54) is 12.1 Å². The first kappa shape index (κ1) is 25.0. The zero-order valence-corrected chi connectivity index (χ0v) is 22.3. The minimum absolute atomic E-state index is 0.259. The minimum atomic E-state index is -4.41. The van der Waals surface area contributed by atoms with Crippen LogP contribution in [0.5, 0.6) is 11.5 Å². The molecule has 0 N–H and O–H groups in total. The fraction of sp³-hybridized carbons (Fsp3) is 0.114. The number of nitrogens with zero attached hydrogens (tertiary/aromatic N) is 2. The van der Waals surface area contributed by atoms with E-state index in [1.807, 2.05) is 59.2 Å². The van der Waals surface area contributed by atoms with Crippen LogP contribution in [-0.4, -0.2) is 4.57 Å². The van der Waals surface area contributed by atoms with Gasteiger partial charge in [-0.25, -0.2) is 0 Å². The normalized spacial score (nSPS) is 13.9. The zero-order chi connectivity index (χ0) is 28.5. The smallest absolute Gasteiger partial charge is 0.416 e. The Morgan fingerprint density at radius 3 is 2.07 bits per heavy atom. The number of ether oxygens (including phenoxy) is 1. The molecular weight excluding hydrogens is 521 g/mol. The van der Waals surface area contributed by atoms with Crippen LogP contribution in [0.2, 0.25) is 0 Å². The number of halogens is 3. The molecule has 7 rings (SSSR count). The highest BCUT2D eigenvalue weighted by Gasteiger charge is 2.34. The first-order valence-corrected chi connectivity index (χ1v) is 13.2. The van der Waals surface area contributed by atoms with E-state index >= 15 is 0 Å². The van der Waals surface area contributed by atoms with E-state index in [4.69, 9.17) is 4.74 Å². The van der Waals surface area contributed by atoms with E-state index in [0.717, 1.165) is 67.7 Å². The summed E-state index contributed by atoms with van der Waals surface area (Å²) in [5.41, 5.74) is 6.06. The van der Waals surface area contributed by atoms with Gasteiger partial charge < -0.3 is 9.30 Å². The third-order valence-corrected chi connectivity index (χ3v) is 8.11. The quantitative estimate of drug-likeness (QED) is 0.218. The maximum atomic E-state index is 13.2. The second kappa shape index (κ2) is 8.74. The third-order valence-electron chi connectivity index (χ3n) is 8.11. The molecule has 1 aliphatic rings. The van der Waals surface area contributed by atoms with Crippen LogP contribution in [0.1, 0.15) is 36.1 Å². The van der Waals surface area contributed by atoms with Gasteiger partial charge in [0.1, 0.15) is 11.5 Å². The molecule has 0 spiro atoms. The molecule has 200 valence electrons. The molecule has 41 heavy (non-hydrogen) atoms. The van der Waals surface area contributed by atoms with Crippen molar-refractivity contribution in [3.05, 3.63) is 125 Å². The summed E-state index contributed by atoms with van der Waals surface area (Å²) in [7, 11) is 0. The molecule has 1 aromatic heterocycles. The molecule has 3 nitrogen and oxygen atoms in total. The highest BCUT2D eigenvalue weighted by atomic mass is 19.4. The van der Waals surface area contributed by atoms with Crippen molar-refractivity contribution < 1.29 is 17.9 Å². The molecule has 0 unspecified atom stereocenters. The van der Waals surface area contributed by atoms with Gasteiger partial charge in [-0.2, -0.15) is 18.4 Å².